The highest BCUT2D eigenvalue weighted by molar-refractivity contribution is 6.30. The van der Waals surface area contributed by atoms with Crippen molar-refractivity contribution in [2.24, 2.45) is 5.73 Å². The number of rotatable bonds is 3. The number of hydrogen-bond donors (Lipinski definition) is 2. The third-order valence-corrected chi connectivity index (χ3v) is 6.18. The lowest BCUT2D eigenvalue weighted by Crippen LogP contribution is -2.48. The number of ether oxygens (including phenoxy) is 2. The molecule has 3 aromatic rings. The number of nitrogens with two attached hydrogens (primary N) is 1. The van der Waals surface area contributed by atoms with E-state index in [0.717, 1.165) is 5.56 Å². The van der Waals surface area contributed by atoms with Gasteiger partial charge in [-0.25, -0.2) is 4.79 Å². The number of benzene rings is 2. The Balaban J connectivity index is 1.79. The Morgan fingerprint density at radius 3 is 2.69 bits per heavy atom. The van der Waals surface area contributed by atoms with Crippen LogP contribution in [0.2, 0.25) is 5.02 Å². The number of carbonyl (C=O) groups is 2. The van der Waals surface area contributed by atoms with Gasteiger partial charge in [-0.15, -0.1) is 5.10 Å². The topological polar surface area (TPSA) is 111 Å². The SMILES string of the molecule is COC(=O)C1=C(N)Oc2n[nH]c(C)c2[C@@]12C(=O)N(Cc1ccc(Cl)cc1)c1ccccc12. The molecule has 3 heterocycles. The second-order valence-electron chi connectivity index (χ2n) is 7.65. The molecule has 2 aromatic carbocycles. The van der Waals surface area contributed by atoms with Crippen LogP contribution in [0.25, 0.3) is 0 Å². The Hall–Kier alpha value is -3.78. The van der Waals surface area contributed by atoms with Crippen LogP contribution < -0.4 is 15.4 Å². The fourth-order valence-corrected chi connectivity index (χ4v) is 4.73. The lowest BCUT2D eigenvalue weighted by molar-refractivity contribution is -0.138. The van der Waals surface area contributed by atoms with Crippen molar-refractivity contribution in [3.05, 3.63) is 87.4 Å². The number of carbonyl (C=O) groups excluding carboxylic acids is 2. The van der Waals surface area contributed by atoms with Gasteiger partial charge in [0.2, 0.25) is 17.7 Å². The van der Waals surface area contributed by atoms with Crippen molar-refractivity contribution in [2.75, 3.05) is 12.0 Å². The predicted molar refractivity (Wildman–Crippen MR) is 117 cm³/mol. The molecule has 0 radical (unpaired) electrons. The molecule has 5 rings (SSSR count). The average Bonchev–Trinajstić information content (AvgIpc) is 3.27. The van der Waals surface area contributed by atoms with Crippen molar-refractivity contribution < 1.29 is 19.1 Å². The number of fused-ring (bicyclic) bond motifs is 4. The van der Waals surface area contributed by atoms with Crippen LogP contribution in [-0.4, -0.2) is 29.2 Å². The Labute approximate surface area is 188 Å². The molecule has 2 aliphatic heterocycles. The van der Waals surface area contributed by atoms with E-state index in [1.54, 1.807) is 24.0 Å². The maximum atomic E-state index is 14.3. The van der Waals surface area contributed by atoms with Crippen LogP contribution in [0.4, 0.5) is 5.69 Å². The van der Waals surface area contributed by atoms with E-state index >= 15 is 0 Å². The second-order valence-corrected chi connectivity index (χ2v) is 8.08. The van der Waals surface area contributed by atoms with Gasteiger partial charge in [-0.05, 0) is 30.7 Å². The van der Waals surface area contributed by atoms with Gasteiger partial charge in [0.25, 0.3) is 0 Å². The lowest BCUT2D eigenvalue weighted by atomic mass is 9.68. The maximum Gasteiger partial charge on any atom is 0.340 e. The van der Waals surface area contributed by atoms with E-state index < -0.39 is 11.4 Å². The van der Waals surface area contributed by atoms with Crippen LogP contribution in [0.5, 0.6) is 5.88 Å². The number of amides is 1. The van der Waals surface area contributed by atoms with Crippen molar-refractivity contribution in [1.82, 2.24) is 10.2 Å². The molecular formula is C23H19ClN4O4. The van der Waals surface area contributed by atoms with Crippen molar-refractivity contribution in [3.63, 3.8) is 0 Å². The van der Waals surface area contributed by atoms with Gasteiger partial charge in [-0.1, -0.05) is 41.9 Å². The Bertz CT molecular complexity index is 1300. The van der Waals surface area contributed by atoms with E-state index in [4.69, 9.17) is 26.8 Å². The predicted octanol–water partition coefficient (Wildman–Crippen LogP) is 2.94. The smallest absolute Gasteiger partial charge is 0.340 e. The summed E-state index contributed by atoms with van der Waals surface area (Å²) in [7, 11) is 1.24. The van der Waals surface area contributed by atoms with Gasteiger partial charge in [0.15, 0.2) is 0 Å². The number of para-hydroxylation sites is 1. The van der Waals surface area contributed by atoms with Crippen LogP contribution in [-0.2, 0) is 26.3 Å². The average molecular weight is 451 g/mol. The minimum Gasteiger partial charge on any atom is -0.465 e. The van der Waals surface area contributed by atoms with E-state index in [0.29, 0.717) is 27.5 Å². The minimum absolute atomic E-state index is 0.0620. The molecule has 1 aromatic heterocycles. The third kappa shape index (κ3) is 2.59. The van der Waals surface area contributed by atoms with Crippen molar-refractivity contribution in [2.45, 2.75) is 18.9 Å². The summed E-state index contributed by atoms with van der Waals surface area (Å²) in [5.41, 5.74) is 7.76. The number of hydrogen-bond acceptors (Lipinski definition) is 6. The van der Waals surface area contributed by atoms with Gasteiger partial charge in [0.1, 0.15) is 11.0 Å². The fourth-order valence-electron chi connectivity index (χ4n) is 4.61. The molecular weight excluding hydrogens is 432 g/mol. The minimum atomic E-state index is -1.55. The van der Waals surface area contributed by atoms with Crippen molar-refractivity contribution in [3.8, 4) is 5.88 Å². The van der Waals surface area contributed by atoms with Gasteiger partial charge < -0.3 is 20.1 Å². The summed E-state index contributed by atoms with van der Waals surface area (Å²) in [6, 6.07) is 14.6. The first kappa shape index (κ1) is 20.1. The Morgan fingerprint density at radius 2 is 1.97 bits per heavy atom. The molecule has 1 spiro atoms. The molecule has 0 unspecified atom stereocenters. The van der Waals surface area contributed by atoms with Crippen LogP contribution in [0, 0.1) is 6.92 Å². The van der Waals surface area contributed by atoms with E-state index in [2.05, 4.69) is 10.2 Å². The molecule has 32 heavy (non-hydrogen) atoms. The highest BCUT2D eigenvalue weighted by atomic mass is 35.5. The molecule has 0 saturated heterocycles. The molecule has 9 heteroatoms. The first-order chi connectivity index (χ1) is 15.4. The van der Waals surface area contributed by atoms with Crippen LogP contribution in [0.1, 0.15) is 22.4 Å². The number of methoxy groups -OCH3 is 1. The number of aromatic nitrogens is 2. The zero-order valence-electron chi connectivity index (χ0n) is 17.3. The summed E-state index contributed by atoms with van der Waals surface area (Å²) < 4.78 is 10.7. The van der Waals surface area contributed by atoms with Gasteiger partial charge in [-0.2, -0.15) is 0 Å². The number of aryl methyl sites for hydroxylation is 1. The van der Waals surface area contributed by atoms with Crippen molar-refractivity contribution in [1.29, 1.82) is 0 Å². The van der Waals surface area contributed by atoms with Gasteiger partial charge in [0.05, 0.1) is 19.2 Å². The van der Waals surface area contributed by atoms with Crippen LogP contribution in [0.15, 0.2) is 60.0 Å². The zero-order chi connectivity index (χ0) is 22.6. The molecule has 0 saturated carbocycles. The van der Waals surface area contributed by atoms with Gasteiger partial charge >= 0.3 is 5.97 Å². The monoisotopic (exact) mass is 450 g/mol. The number of nitrogens with zero attached hydrogens (tertiary/aromatic N) is 2. The molecule has 162 valence electrons. The van der Waals surface area contributed by atoms with E-state index in [1.165, 1.54) is 7.11 Å². The van der Waals surface area contributed by atoms with Gasteiger partial charge in [-0.3, -0.25) is 9.89 Å². The normalized spacial score (nSPS) is 19.1. The molecule has 1 amide bonds. The summed E-state index contributed by atoms with van der Waals surface area (Å²) in [6.45, 7) is 2.04. The van der Waals surface area contributed by atoms with Crippen LogP contribution in [0.3, 0.4) is 0 Å². The molecule has 1 atom stereocenters. The van der Waals surface area contributed by atoms with Gasteiger partial charge in [0, 0.05) is 22.0 Å². The summed E-state index contributed by atoms with van der Waals surface area (Å²) >= 11 is 6.03. The first-order valence-corrected chi connectivity index (χ1v) is 10.2. The number of esters is 1. The number of anilines is 1. The molecule has 2 aliphatic rings. The third-order valence-electron chi connectivity index (χ3n) is 5.93. The number of nitrogens with one attached hydrogen (secondary N) is 1. The molecule has 8 nitrogen and oxygen atoms in total. The summed E-state index contributed by atoms with van der Waals surface area (Å²) in [6.07, 6.45) is 0. The van der Waals surface area contributed by atoms with E-state index in [-0.39, 0.29) is 29.8 Å². The number of halogens is 1. The van der Waals surface area contributed by atoms with Crippen molar-refractivity contribution >= 4 is 29.2 Å². The summed E-state index contributed by atoms with van der Waals surface area (Å²) in [4.78, 5) is 28.9. The molecule has 3 N–H and O–H groups in total. The largest absolute Gasteiger partial charge is 0.465 e. The maximum absolute atomic E-state index is 14.3. The standard InChI is InChI=1S/C23H19ClN4O4/c1-12-17-20(27-26-12)32-19(25)18(21(29)31-2)23(17)15-5-3-4-6-16(15)28(22(23)30)11-13-7-9-14(24)10-8-13/h3-10H,11,25H2,1-2H3,(H,26,27)/t23-/m1/s1. The summed E-state index contributed by atoms with van der Waals surface area (Å²) in [5, 5.41) is 7.63. The highest BCUT2D eigenvalue weighted by Gasteiger charge is 2.62. The summed E-state index contributed by atoms with van der Waals surface area (Å²) in [5.74, 6) is -1.15. The Morgan fingerprint density at radius 1 is 1.25 bits per heavy atom. The Kier molecular flexibility index (Phi) is 4.49. The highest BCUT2D eigenvalue weighted by Crippen LogP contribution is 2.56. The van der Waals surface area contributed by atoms with E-state index in [9.17, 15) is 9.59 Å². The molecule has 0 aliphatic carbocycles. The second kappa shape index (κ2) is 7.13. The molecule has 0 bridgehead atoms. The number of aromatic amines is 1. The lowest BCUT2D eigenvalue weighted by Gasteiger charge is -2.34. The quantitative estimate of drug-likeness (QED) is 0.593. The first-order valence-electron chi connectivity index (χ1n) is 9.87. The molecule has 0 fully saturated rings. The number of H-pyrrole nitrogens is 1. The zero-order valence-corrected chi connectivity index (χ0v) is 18.1. The van der Waals surface area contributed by atoms with Crippen LogP contribution >= 0.6 is 11.6 Å². The fraction of sp³-hybridized carbons (Fsp3) is 0.174. The van der Waals surface area contributed by atoms with E-state index in [1.807, 2.05) is 36.4 Å².